The number of carbonyl (C=O) groups is 2. The van der Waals surface area contributed by atoms with Crippen molar-refractivity contribution in [1.82, 2.24) is 4.90 Å². The van der Waals surface area contributed by atoms with E-state index in [0.717, 1.165) is 0 Å². The van der Waals surface area contributed by atoms with Crippen LogP contribution in [0.5, 0.6) is 0 Å². The smallest absolute Gasteiger partial charge is 0.324 e. The van der Waals surface area contributed by atoms with E-state index in [1.165, 1.54) is 9.80 Å². The van der Waals surface area contributed by atoms with Crippen LogP contribution in [0.25, 0.3) is 0 Å². The van der Waals surface area contributed by atoms with Gasteiger partial charge in [0.2, 0.25) is 0 Å². The van der Waals surface area contributed by atoms with E-state index in [2.05, 4.69) is 0 Å². The van der Waals surface area contributed by atoms with Gasteiger partial charge in [0, 0.05) is 25.8 Å². The first-order valence-electron chi connectivity index (χ1n) is 6.89. The van der Waals surface area contributed by atoms with Crippen LogP contribution in [-0.4, -0.2) is 53.4 Å². The van der Waals surface area contributed by atoms with Gasteiger partial charge in [-0.2, -0.15) is 0 Å². The number of benzene rings is 1. The van der Waals surface area contributed by atoms with Crippen molar-refractivity contribution in [3.63, 3.8) is 0 Å². The maximum atomic E-state index is 12.4. The molecule has 0 bridgehead atoms. The molecule has 0 aliphatic rings. The molecule has 116 valence electrons. The Kier molecular flexibility index (Phi) is 6.68. The van der Waals surface area contributed by atoms with Crippen molar-refractivity contribution < 1.29 is 19.8 Å². The third-order valence-corrected chi connectivity index (χ3v) is 3.06. The van der Waals surface area contributed by atoms with Crippen molar-refractivity contribution in [2.75, 3.05) is 25.0 Å². The number of nitrogens with zero attached hydrogens (tertiary/aromatic N) is 2. The molecule has 1 aromatic rings. The molecule has 2 N–H and O–H groups in total. The second kappa shape index (κ2) is 8.26. The summed E-state index contributed by atoms with van der Waals surface area (Å²) in [5.41, 5.74) is 0.660. The van der Waals surface area contributed by atoms with Gasteiger partial charge in [-0.1, -0.05) is 18.2 Å². The molecular formula is C15H22N2O4. The minimum absolute atomic E-state index is 0.108. The van der Waals surface area contributed by atoms with Crippen molar-refractivity contribution in [2.45, 2.75) is 25.9 Å². The number of aliphatic hydroxyl groups is 1. The number of rotatable bonds is 7. The van der Waals surface area contributed by atoms with Gasteiger partial charge >= 0.3 is 12.0 Å². The van der Waals surface area contributed by atoms with Gasteiger partial charge in [0.1, 0.15) is 0 Å². The van der Waals surface area contributed by atoms with Crippen molar-refractivity contribution in [3.05, 3.63) is 30.3 Å². The highest BCUT2D eigenvalue weighted by atomic mass is 16.4. The van der Waals surface area contributed by atoms with Gasteiger partial charge in [-0.05, 0) is 25.5 Å². The summed E-state index contributed by atoms with van der Waals surface area (Å²) in [6.07, 6.45) is -0.126. The number of para-hydroxylation sites is 1. The zero-order chi connectivity index (χ0) is 15.8. The summed E-state index contributed by atoms with van der Waals surface area (Å²) >= 11 is 0. The maximum absolute atomic E-state index is 12.4. The van der Waals surface area contributed by atoms with E-state index < -0.39 is 12.1 Å². The first kappa shape index (κ1) is 17.0. The molecule has 2 amide bonds. The maximum Gasteiger partial charge on any atom is 0.324 e. The van der Waals surface area contributed by atoms with Crippen molar-refractivity contribution in [2.24, 2.45) is 0 Å². The van der Waals surface area contributed by atoms with E-state index in [1.807, 2.05) is 6.07 Å². The molecule has 0 aromatic heterocycles. The number of hydrogen-bond acceptors (Lipinski definition) is 3. The SMILES string of the molecule is CC(O)CCN(C)C(=O)N(CCC(=O)O)c1ccccc1. The van der Waals surface area contributed by atoms with Crippen LogP contribution >= 0.6 is 0 Å². The molecule has 1 aromatic carbocycles. The van der Waals surface area contributed by atoms with E-state index in [9.17, 15) is 14.7 Å². The zero-order valence-corrected chi connectivity index (χ0v) is 12.4. The standard InChI is InChI=1S/C15H22N2O4/c1-12(18)8-10-16(2)15(21)17(11-9-14(19)20)13-6-4-3-5-7-13/h3-7,12,18H,8-11H2,1-2H3,(H,19,20). The Balaban J connectivity index is 2.80. The molecule has 6 heteroatoms. The average molecular weight is 294 g/mol. The van der Waals surface area contributed by atoms with Gasteiger partial charge in [-0.25, -0.2) is 4.79 Å². The van der Waals surface area contributed by atoms with Crippen LogP contribution in [0, 0.1) is 0 Å². The second-order valence-corrected chi connectivity index (χ2v) is 4.97. The fourth-order valence-corrected chi connectivity index (χ4v) is 1.83. The Labute approximate surface area is 124 Å². The summed E-state index contributed by atoms with van der Waals surface area (Å²) < 4.78 is 0. The summed E-state index contributed by atoms with van der Waals surface area (Å²) in [4.78, 5) is 26.1. The predicted molar refractivity (Wildman–Crippen MR) is 80.4 cm³/mol. The Morgan fingerprint density at radius 1 is 1.19 bits per heavy atom. The molecule has 0 saturated heterocycles. The van der Waals surface area contributed by atoms with Crippen molar-refractivity contribution in [3.8, 4) is 0 Å². The van der Waals surface area contributed by atoms with Crippen LogP contribution in [0.2, 0.25) is 0 Å². The summed E-state index contributed by atoms with van der Waals surface area (Å²) in [5, 5.41) is 18.1. The first-order valence-corrected chi connectivity index (χ1v) is 6.89. The van der Waals surface area contributed by atoms with E-state index in [-0.39, 0.29) is 19.0 Å². The summed E-state index contributed by atoms with van der Waals surface area (Å²) in [6.45, 7) is 2.18. The van der Waals surface area contributed by atoms with Gasteiger partial charge in [0.15, 0.2) is 0 Å². The van der Waals surface area contributed by atoms with E-state index in [4.69, 9.17) is 5.11 Å². The van der Waals surface area contributed by atoms with Crippen molar-refractivity contribution in [1.29, 1.82) is 0 Å². The van der Waals surface area contributed by atoms with E-state index >= 15 is 0 Å². The van der Waals surface area contributed by atoms with Gasteiger partial charge < -0.3 is 15.1 Å². The molecule has 1 rings (SSSR count). The van der Waals surface area contributed by atoms with Crippen LogP contribution in [0.15, 0.2) is 30.3 Å². The molecule has 0 spiro atoms. The lowest BCUT2D eigenvalue weighted by atomic mass is 10.2. The molecule has 1 atom stereocenters. The lowest BCUT2D eigenvalue weighted by Crippen LogP contribution is -2.43. The van der Waals surface area contributed by atoms with Gasteiger partial charge in [-0.15, -0.1) is 0 Å². The largest absolute Gasteiger partial charge is 0.481 e. The van der Waals surface area contributed by atoms with Gasteiger partial charge in [0.25, 0.3) is 0 Å². The summed E-state index contributed by atoms with van der Waals surface area (Å²) in [7, 11) is 1.64. The molecule has 0 radical (unpaired) electrons. The number of aliphatic hydroxyl groups excluding tert-OH is 1. The monoisotopic (exact) mass is 294 g/mol. The minimum Gasteiger partial charge on any atom is -0.481 e. The van der Waals surface area contributed by atoms with Crippen LogP contribution in [0.3, 0.4) is 0 Å². The lowest BCUT2D eigenvalue weighted by Gasteiger charge is -2.28. The number of aliphatic carboxylic acids is 1. The Bertz CT molecular complexity index is 462. The third kappa shape index (κ3) is 5.83. The molecule has 0 aliphatic heterocycles. The van der Waals surface area contributed by atoms with Crippen LogP contribution in [0.1, 0.15) is 19.8 Å². The number of hydrogen-bond donors (Lipinski definition) is 2. The molecular weight excluding hydrogens is 272 g/mol. The highest BCUT2D eigenvalue weighted by molar-refractivity contribution is 5.92. The molecule has 0 fully saturated rings. The number of carboxylic acids is 1. The van der Waals surface area contributed by atoms with Gasteiger partial charge in [0.05, 0.1) is 12.5 Å². The van der Waals surface area contributed by atoms with Crippen LogP contribution in [0.4, 0.5) is 10.5 Å². The molecule has 1 unspecified atom stereocenters. The number of carboxylic acid groups (broad SMARTS) is 1. The minimum atomic E-state index is -0.949. The highest BCUT2D eigenvalue weighted by Gasteiger charge is 2.20. The zero-order valence-electron chi connectivity index (χ0n) is 12.4. The predicted octanol–water partition coefficient (Wildman–Crippen LogP) is 1.79. The molecule has 6 nitrogen and oxygen atoms in total. The fraction of sp³-hybridized carbons (Fsp3) is 0.467. The summed E-state index contributed by atoms with van der Waals surface area (Å²) in [6, 6.07) is 8.69. The van der Waals surface area contributed by atoms with Crippen LogP contribution < -0.4 is 4.90 Å². The van der Waals surface area contributed by atoms with E-state index in [1.54, 1.807) is 38.2 Å². The fourth-order valence-electron chi connectivity index (χ4n) is 1.83. The summed E-state index contributed by atoms with van der Waals surface area (Å²) in [5.74, 6) is -0.949. The molecule has 0 aliphatic carbocycles. The Morgan fingerprint density at radius 2 is 1.81 bits per heavy atom. The first-order chi connectivity index (χ1) is 9.91. The lowest BCUT2D eigenvalue weighted by molar-refractivity contribution is -0.136. The molecule has 0 saturated carbocycles. The van der Waals surface area contributed by atoms with Crippen molar-refractivity contribution >= 4 is 17.7 Å². The second-order valence-electron chi connectivity index (χ2n) is 4.97. The van der Waals surface area contributed by atoms with Crippen LogP contribution in [-0.2, 0) is 4.79 Å². The average Bonchev–Trinajstić information content (AvgIpc) is 2.45. The number of urea groups is 1. The molecule has 0 heterocycles. The van der Waals surface area contributed by atoms with E-state index in [0.29, 0.717) is 18.7 Å². The topological polar surface area (TPSA) is 81.1 Å². The Morgan fingerprint density at radius 3 is 2.33 bits per heavy atom. The van der Waals surface area contributed by atoms with Gasteiger partial charge in [-0.3, -0.25) is 9.69 Å². The quantitative estimate of drug-likeness (QED) is 0.803. The number of anilines is 1. The number of amides is 2. The highest BCUT2D eigenvalue weighted by Crippen LogP contribution is 2.16. The Hall–Kier alpha value is -2.08. The number of carbonyl (C=O) groups excluding carboxylic acids is 1. The third-order valence-electron chi connectivity index (χ3n) is 3.06. The molecule has 21 heavy (non-hydrogen) atoms. The normalized spacial score (nSPS) is 11.8.